The van der Waals surface area contributed by atoms with E-state index < -0.39 is 5.41 Å². The predicted octanol–water partition coefficient (Wildman–Crippen LogP) is 2.19. The van der Waals surface area contributed by atoms with Crippen molar-refractivity contribution in [2.75, 3.05) is 6.54 Å². The van der Waals surface area contributed by atoms with Gasteiger partial charge in [0.25, 0.3) is 0 Å². The molecule has 0 spiro atoms. The Morgan fingerprint density at radius 2 is 1.76 bits per heavy atom. The fourth-order valence-electron chi connectivity index (χ4n) is 2.13. The zero-order valence-electron chi connectivity index (χ0n) is 10.4. The van der Waals surface area contributed by atoms with Gasteiger partial charge in [-0.25, -0.2) is 0 Å². The number of rotatable bonds is 2. The lowest BCUT2D eigenvalue weighted by Crippen LogP contribution is -2.33. The first kappa shape index (κ1) is 11.8. The van der Waals surface area contributed by atoms with Gasteiger partial charge < -0.3 is 4.90 Å². The standard InChI is InChI=1S/C14H17NO2/c1-10(11-7-5-4-6-8-11)15-9-12(16)14(2,3)13(15)17/h4-8,10H,9H2,1-3H3/t10-/m0/s1. The van der Waals surface area contributed by atoms with E-state index in [1.807, 2.05) is 37.3 Å². The van der Waals surface area contributed by atoms with Crippen LogP contribution in [0, 0.1) is 5.41 Å². The number of carbonyl (C=O) groups excluding carboxylic acids is 2. The van der Waals surface area contributed by atoms with E-state index in [0.29, 0.717) is 0 Å². The topological polar surface area (TPSA) is 37.4 Å². The fourth-order valence-corrected chi connectivity index (χ4v) is 2.13. The Hall–Kier alpha value is -1.64. The Kier molecular flexibility index (Phi) is 2.77. The summed E-state index contributed by atoms with van der Waals surface area (Å²) in [6.45, 7) is 5.59. The quantitative estimate of drug-likeness (QED) is 0.732. The summed E-state index contributed by atoms with van der Waals surface area (Å²) in [5.41, 5.74) is 0.203. The number of hydrogen-bond donors (Lipinski definition) is 0. The largest absolute Gasteiger partial charge is 0.328 e. The number of nitrogens with zero attached hydrogens (tertiary/aromatic N) is 1. The predicted molar refractivity (Wildman–Crippen MR) is 65.4 cm³/mol. The minimum absolute atomic E-state index is 0.00489. The van der Waals surface area contributed by atoms with Crippen molar-refractivity contribution in [3.05, 3.63) is 35.9 Å². The van der Waals surface area contributed by atoms with Crippen LogP contribution in [0.1, 0.15) is 32.4 Å². The number of amides is 1. The molecule has 1 aliphatic heterocycles. The van der Waals surface area contributed by atoms with E-state index in [1.165, 1.54) is 0 Å². The maximum Gasteiger partial charge on any atom is 0.236 e. The average Bonchev–Trinajstić information content (AvgIpc) is 2.53. The van der Waals surface area contributed by atoms with Crippen LogP contribution in [0.3, 0.4) is 0 Å². The van der Waals surface area contributed by atoms with E-state index in [4.69, 9.17) is 0 Å². The first-order valence-electron chi connectivity index (χ1n) is 5.84. The maximum atomic E-state index is 12.2. The molecule has 0 aliphatic carbocycles. The maximum absolute atomic E-state index is 12.2. The van der Waals surface area contributed by atoms with Crippen LogP contribution >= 0.6 is 0 Å². The molecule has 0 bridgehead atoms. The second-order valence-electron chi connectivity index (χ2n) is 5.07. The van der Waals surface area contributed by atoms with Gasteiger partial charge in [0.15, 0.2) is 5.78 Å². The van der Waals surface area contributed by atoms with Gasteiger partial charge in [-0.2, -0.15) is 0 Å². The molecule has 1 aromatic carbocycles. The number of benzene rings is 1. The van der Waals surface area contributed by atoms with Crippen LogP contribution in [0.4, 0.5) is 0 Å². The van der Waals surface area contributed by atoms with Crippen LogP contribution in [0.25, 0.3) is 0 Å². The van der Waals surface area contributed by atoms with Crippen LogP contribution < -0.4 is 0 Å². The van der Waals surface area contributed by atoms with E-state index in [-0.39, 0.29) is 24.3 Å². The van der Waals surface area contributed by atoms with Crippen molar-refractivity contribution in [3.63, 3.8) is 0 Å². The molecule has 0 N–H and O–H groups in total. The molecule has 17 heavy (non-hydrogen) atoms. The molecular weight excluding hydrogens is 214 g/mol. The zero-order valence-corrected chi connectivity index (χ0v) is 10.4. The summed E-state index contributed by atoms with van der Waals surface area (Å²) in [4.78, 5) is 25.6. The summed E-state index contributed by atoms with van der Waals surface area (Å²) in [5.74, 6) is -0.0656. The minimum atomic E-state index is -0.858. The van der Waals surface area contributed by atoms with Crippen molar-refractivity contribution in [2.24, 2.45) is 5.41 Å². The van der Waals surface area contributed by atoms with Gasteiger partial charge >= 0.3 is 0 Å². The van der Waals surface area contributed by atoms with E-state index in [2.05, 4.69) is 0 Å². The van der Waals surface area contributed by atoms with Gasteiger partial charge in [-0.15, -0.1) is 0 Å². The molecule has 1 amide bonds. The van der Waals surface area contributed by atoms with Crippen LogP contribution in [-0.4, -0.2) is 23.1 Å². The highest BCUT2D eigenvalue weighted by Crippen LogP contribution is 2.33. The molecule has 1 saturated heterocycles. The van der Waals surface area contributed by atoms with Crippen molar-refractivity contribution in [3.8, 4) is 0 Å². The van der Waals surface area contributed by atoms with E-state index in [0.717, 1.165) is 5.56 Å². The molecule has 1 atom stereocenters. The van der Waals surface area contributed by atoms with Gasteiger partial charge in [-0.3, -0.25) is 9.59 Å². The molecule has 90 valence electrons. The Labute approximate surface area is 101 Å². The van der Waals surface area contributed by atoms with Crippen molar-refractivity contribution in [1.29, 1.82) is 0 Å². The molecule has 1 aromatic rings. The highest BCUT2D eigenvalue weighted by atomic mass is 16.2. The minimum Gasteiger partial charge on any atom is -0.328 e. The van der Waals surface area contributed by atoms with Crippen LogP contribution in [0.15, 0.2) is 30.3 Å². The number of ketones is 1. The van der Waals surface area contributed by atoms with Crippen LogP contribution in [-0.2, 0) is 9.59 Å². The molecule has 0 aromatic heterocycles. The number of likely N-dealkylation sites (tertiary alicyclic amines) is 1. The van der Waals surface area contributed by atoms with Crippen LogP contribution in [0.5, 0.6) is 0 Å². The van der Waals surface area contributed by atoms with Crippen molar-refractivity contribution in [2.45, 2.75) is 26.8 Å². The highest BCUT2D eigenvalue weighted by molar-refractivity contribution is 6.12. The van der Waals surface area contributed by atoms with Crippen LogP contribution in [0.2, 0.25) is 0 Å². The second kappa shape index (κ2) is 3.99. The van der Waals surface area contributed by atoms with Gasteiger partial charge in [0.05, 0.1) is 12.6 Å². The summed E-state index contributed by atoms with van der Waals surface area (Å²) in [5, 5.41) is 0. The first-order chi connectivity index (χ1) is 7.94. The van der Waals surface area contributed by atoms with Gasteiger partial charge in [-0.05, 0) is 26.3 Å². The summed E-state index contributed by atoms with van der Waals surface area (Å²) in [7, 11) is 0. The summed E-state index contributed by atoms with van der Waals surface area (Å²) in [6, 6.07) is 9.74. The third kappa shape index (κ3) is 1.86. The summed E-state index contributed by atoms with van der Waals surface area (Å²) >= 11 is 0. The van der Waals surface area contributed by atoms with Crippen molar-refractivity contribution in [1.82, 2.24) is 4.90 Å². The molecule has 3 nitrogen and oxygen atoms in total. The molecule has 0 saturated carbocycles. The second-order valence-corrected chi connectivity index (χ2v) is 5.07. The number of carbonyl (C=O) groups is 2. The SMILES string of the molecule is C[C@@H](c1ccccc1)N1CC(=O)C(C)(C)C1=O. The lowest BCUT2D eigenvalue weighted by molar-refractivity contribution is -0.138. The summed E-state index contributed by atoms with van der Waals surface area (Å²) < 4.78 is 0. The normalized spacial score (nSPS) is 20.8. The summed E-state index contributed by atoms with van der Waals surface area (Å²) in [6.07, 6.45) is 0. The third-order valence-corrected chi connectivity index (χ3v) is 3.56. The molecule has 3 heteroatoms. The molecule has 1 heterocycles. The van der Waals surface area contributed by atoms with Gasteiger partial charge in [0.2, 0.25) is 5.91 Å². The average molecular weight is 231 g/mol. The van der Waals surface area contributed by atoms with E-state index >= 15 is 0 Å². The van der Waals surface area contributed by atoms with E-state index in [1.54, 1.807) is 18.7 Å². The third-order valence-electron chi connectivity index (χ3n) is 3.56. The smallest absolute Gasteiger partial charge is 0.236 e. The van der Waals surface area contributed by atoms with Gasteiger partial charge in [0, 0.05) is 0 Å². The Balaban J connectivity index is 2.26. The molecular formula is C14H17NO2. The fraction of sp³-hybridized carbons (Fsp3) is 0.429. The molecule has 2 rings (SSSR count). The Bertz CT molecular complexity index is 451. The highest BCUT2D eigenvalue weighted by Gasteiger charge is 2.47. The number of Topliss-reactive ketones (excluding diaryl/α,β-unsaturated/α-hetero) is 1. The molecule has 1 fully saturated rings. The van der Waals surface area contributed by atoms with Crippen molar-refractivity contribution >= 4 is 11.7 Å². The molecule has 0 unspecified atom stereocenters. The Morgan fingerprint density at radius 3 is 2.24 bits per heavy atom. The zero-order chi connectivity index (χ0) is 12.6. The Morgan fingerprint density at radius 1 is 1.18 bits per heavy atom. The first-order valence-corrected chi connectivity index (χ1v) is 5.84. The van der Waals surface area contributed by atoms with E-state index in [9.17, 15) is 9.59 Å². The van der Waals surface area contributed by atoms with Gasteiger partial charge in [-0.1, -0.05) is 30.3 Å². The lowest BCUT2D eigenvalue weighted by Gasteiger charge is -2.25. The molecule has 0 radical (unpaired) electrons. The lowest BCUT2D eigenvalue weighted by atomic mass is 9.91. The number of hydrogen-bond acceptors (Lipinski definition) is 2. The van der Waals surface area contributed by atoms with Crippen molar-refractivity contribution < 1.29 is 9.59 Å². The monoisotopic (exact) mass is 231 g/mol. The molecule has 1 aliphatic rings. The van der Waals surface area contributed by atoms with Gasteiger partial charge in [0.1, 0.15) is 5.41 Å².